The number of hydrogen-bond donors (Lipinski definition) is 0. The molecule has 20 heavy (non-hydrogen) atoms. The van der Waals surface area contributed by atoms with Crippen molar-refractivity contribution in [1.82, 2.24) is 0 Å². The maximum absolute atomic E-state index is 8.78. The van der Waals surface area contributed by atoms with Crippen molar-refractivity contribution in [3.8, 4) is 17.6 Å². The van der Waals surface area contributed by atoms with Crippen LogP contribution in [0.4, 0.5) is 0 Å². The van der Waals surface area contributed by atoms with Gasteiger partial charge in [-0.2, -0.15) is 5.26 Å². The average molecular weight is 288 g/mol. The van der Waals surface area contributed by atoms with Crippen LogP contribution < -0.4 is 9.47 Å². The summed E-state index contributed by atoms with van der Waals surface area (Å²) in [6.07, 6.45) is 0.753. The van der Waals surface area contributed by atoms with Gasteiger partial charge in [0.1, 0.15) is 11.5 Å². The summed E-state index contributed by atoms with van der Waals surface area (Å²) in [5, 5.41) is 9.44. The fourth-order valence-corrected chi connectivity index (χ4v) is 1.83. The van der Waals surface area contributed by atoms with Gasteiger partial charge in [-0.25, -0.2) is 0 Å². The van der Waals surface area contributed by atoms with Crippen molar-refractivity contribution in [2.24, 2.45) is 0 Å². The topological polar surface area (TPSA) is 42.2 Å². The van der Waals surface area contributed by atoms with Crippen LogP contribution in [0, 0.1) is 11.3 Å². The van der Waals surface area contributed by atoms with Crippen LogP contribution >= 0.6 is 11.6 Å². The molecule has 0 aliphatic heterocycles. The predicted molar refractivity (Wildman–Crippen MR) is 78.2 cm³/mol. The zero-order chi connectivity index (χ0) is 14.2. The number of hydrogen-bond acceptors (Lipinski definition) is 3. The van der Waals surface area contributed by atoms with E-state index in [9.17, 15) is 0 Å². The van der Waals surface area contributed by atoms with E-state index in [1.54, 1.807) is 30.3 Å². The van der Waals surface area contributed by atoms with Gasteiger partial charge in [0.15, 0.2) is 0 Å². The molecular formula is C16H14ClNO2. The Morgan fingerprint density at radius 1 is 0.950 bits per heavy atom. The van der Waals surface area contributed by atoms with Crippen molar-refractivity contribution in [3.63, 3.8) is 0 Å². The zero-order valence-electron chi connectivity index (χ0n) is 10.9. The Labute approximate surface area is 123 Å². The zero-order valence-corrected chi connectivity index (χ0v) is 11.6. The van der Waals surface area contributed by atoms with Crippen LogP contribution in [0.25, 0.3) is 0 Å². The Balaban J connectivity index is 1.70. The number of ether oxygens (including phenoxy) is 2. The summed E-state index contributed by atoms with van der Waals surface area (Å²) >= 11 is 5.86. The monoisotopic (exact) mass is 287 g/mol. The van der Waals surface area contributed by atoms with Gasteiger partial charge < -0.3 is 9.47 Å². The van der Waals surface area contributed by atoms with E-state index in [-0.39, 0.29) is 0 Å². The molecule has 4 heteroatoms. The lowest BCUT2D eigenvalue weighted by Gasteiger charge is -2.08. The third-order valence-corrected chi connectivity index (χ3v) is 2.82. The first-order valence-electron chi connectivity index (χ1n) is 6.29. The van der Waals surface area contributed by atoms with Gasteiger partial charge >= 0.3 is 0 Å². The molecule has 102 valence electrons. The van der Waals surface area contributed by atoms with E-state index in [1.807, 2.05) is 18.2 Å². The van der Waals surface area contributed by atoms with Gasteiger partial charge in [0.2, 0.25) is 0 Å². The van der Waals surface area contributed by atoms with Crippen molar-refractivity contribution in [2.75, 3.05) is 13.2 Å². The number of halogens is 1. The van der Waals surface area contributed by atoms with Gasteiger partial charge in [-0.3, -0.25) is 0 Å². The Hall–Kier alpha value is -2.18. The first-order chi connectivity index (χ1) is 9.78. The van der Waals surface area contributed by atoms with Crippen molar-refractivity contribution in [3.05, 3.63) is 59.1 Å². The van der Waals surface area contributed by atoms with Crippen LogP contribution in [-0.2, 0) is 0 Å². The normalized spacial score (nSPS) is 9.80. The Kier molecular flexibility index (Phi) is 5.28. The summed E-state index contributed by atoms with van der Waals surface area (Å²) in [6, 6.07) is 16.5. The largest absolute Gasteiger partial charge is 0.493 e. The third kappa shape index (κ3) is 4.49. The number of nitrogens with zero attached hydrogens (tertiary/aromatic N) is 1. The summed E-state index contributed by atoms with van der Waals surface area (Å²) in [6.45, 7) is 1.09. The Morgan fingerprint density at radius 3 is 2.25 bits per heavy atom. The molecule has 2 aromatic carbocycles. The van der Waals surface area contributed by atoms with E-state index in [4.69, 9.17) is 26.3 Å². The highest BCUT2D eigenvalue weighted by molar-refractivity contribution is 6.30. The summed E-state index contributed by atoms with van der Waals surface area (Å²) in [7, 11) is 0. The molecule has 0 saturated heterocycles. The van der Waals surface area contributed by atoms with E-state index >= 15 is 0 Å². The van der Waals surface area contributed by atoms with Gasteiger partial charge in [0.25, 0.3) is 0 Å². The maximum Gasteiger partial charge on any atom is 0.120 e. The maximum atomic E-state index is 8.78. The minimum Gasteiger partial charge on any atom is -0.493 e. The van der Waals surface area contributed by atoms with Gasteiger partial charge in [-0.1, -0.05) is 23.7 Å². The molecule has 0 aromatic heterocycles. The van der Waals surface area contributed by atoms with Gasteiger partial charge in [0.05, 0.1) is 24.8 Å². The number of benzene rings is 2. The SMILES string of the molecule is N#Cc1cccc(OCCCOc2cccc(Cl)c2)c1. The highest BCUT2D eigenvalue weighted by Crippen LogP contribution is 2.17. The van der Waals surface area contributed by atoms with E-state index in [0.29, 0.717) is 29.5 Å². The van der Waals surface area contributed by atoms with Crippen LogP contribution in [0.2, 0.25) is 5.02 Å². The molecule has 0 radical (unpaired) electrons. The fraction of sp³-hybridized carbons (Fsp3) is 0.188. The summed E-state index contributed by atoms with van der Waals surface area (Å²) in [4.78, 5) is 0. The van der Waals surface area contributed by atoms with E-state index in [2.05, 4.69) is 6.07 Å². The smallest absolute Gasteiger partial charge is 0.120 e. The first kappa shape index (κ1) is 14.2. The highest BCUT2D eigenvalue weighted by Gasteiger charge is 1.98. The molecule has 0 fully saturated rings. The lowest BCUT2D eigenvalue weighted by Crippen LogP contribution is -2.05. The molecule has 0 heterocycles. The van der Waals surface area contributed by atoms with Crippen molar-refractivity contribution < 1.29 is 9.47 Å². The van der Waals surface area contributed by atoms with Crippen LogP contribution in [0.1, 0.15) is 12.0 Å². The summed E-state index contributed by atoms with van der Waals surface area (Å²) < 4.78 is 11.1. The molecule has 0 aliphatic carbocycles. The highest BCUT2D eigenvalue weighted by atomic mass is 35.5. The van der Waals surface area contributed by atoms with E-state index < -0.39 is 0 Å². The molecular weight excluding hydrogens is 274 g/mol. The molecule has 0 unspecified atom stereocenters. The fourth-order valence-electron chi connectivity index (χ4n) is 1.65. The average Bonchev–Trinajstić information content (AvgIpc) is 2.47. The molecule has 2 rings (SSSR count). The molecule has 0 aliphatic rings. The molecule has 0 atom stereocenters. The molecule has 0 bridgehead atoms. The van der Waals surface area contributed by atoms with Crippen molar-refractivity contribution in [1.29, 1.82) is 5.26 Å². The molecule has 0 N–H and O–H groups in total. The second-order valence-corrected chi connectivity index (χ2v) is 4.58. The van der Waals surface area contributed by atoms with E-state index in [1.165, 1.54) is 0 Å². The predicted octanol–water partition coefficient (Wildman–Crippen LogP) is 4.06. The second kappa shape index (κ2) is 7.42. The van der Waals surface area contributed by atoms with Crippen LogP contribution in [0.15, 0.2) is 48.5 Å². The van der Waals surface area contributed by atoms with Gasteiger partial charge in [0, 0.05) is 11.4 Å². The lowest BCUT2D eigenvalue weighted by atomic mass is 10.2. The summed E-state index contributed by atoms with van der Waals surface area (Å²) in [5.74, 6) is 1.45. The van der Waals surface area contributed by atoms with E-state index in [0.717, 1.165) is 12.2 Å². The lowest BCUT2D eigenvalue weighted by molar-refractivity contribution is 0.247. The Bertz CT molecular complexity index is 607. The van der Waals surface area contributed by atoms with Crippen molar-refractivity contribution in [2.45, 2.75) is 6.42 Å². The standard InChI is InChI=1S/C16H14ClNO2/c17-14-5-2-7-16(11-14)20-9-3-8-19-15-6-1-4-13(10-15)12-18/h1-2,4-7,10-11H,3,8-9H2. The Morgan fingerprint density at radius 2 is 1.60 bits per heavy atom. The third-order valence-electron chi connectivity index (χ3n) is 2.59. The minimum atomic E-state index is 0.537. The molecule has 2 aromatic rings. The van der Waals surface area contributed by atoms with Gasteiger partial charge in [-0.05, 0) is 36.4 Å². The molecule has 0 amide bonds. The first-order valence-corrected chi connectivity index (χ1v) is 6.67. The molecule has 3 nitrogen and oxygen atoms in total. The van der Waals surface area contributed by atoms with Crippen LogP contribution in [0.5, 0.6) is 11.5 Å². The van der Waals surface area contributed by atoms with Gasteiger partial charge in [-0.15, -0.1) is 0 Å². The number of nitriles is 1. The molecule has 0 spiro atoms. The molecule has 0 saturated carbocycles. The quantitative estimate of drug-likeness (QED) is 0.753. The second-order valence-electron chi connectivity index (χ2n) is 4.15. The minimum absolute atomic E-state index is 0.537. The van der Waals surface area contributed by atoms with Crippen LogP contribution in [-0.4, -0.2) is 13.2 Å². The summed E-state index contributed by atoms with van der Waals surface area (Å²) in [5.41, 5.74) is 0.595. The van der Waals surface area contributed by atoms with Crippen molar-refractivity contribution >= 4 is 11.6 Å². The van der Waals surface area contributed by atoms with Crippen LogP contribution in [0.3, 0.4) is 0 Å². The number of rotatable bonds is 6.